The first-order valence-corrected chi connectivity index (χ1v) is 17.9. The van der Waals surface area contributed by atoms with Crippen LogP contribution in [0.25, 0.3) is 0 Å². The number of nitrogens with zero attached hydrogens (tertiary/aromatic N) is 1. The molecule has 2 aliphatic heterocycles. The summed E-state index contributed by atoms with van der Waals surface area (Å²) in [6.07, 6.45) is 0.267. The van der Waals surface area contributed by atoms with Crippen molar-refractivity contribution in [3.05, 3.63) is 85.9 Å². The highest BCUT2D eigenvalue weighted by molar-refractivity contribution is 14.1. The van der Waals surface area contributed by atoms with Crippen molar-refractivity contribution in [1.29, 1.82) is 0 Å². The maximum Gasteiger partial charge on any atom is 0.264 e. The van der Waals surface area contributed by atoms with Crippen LogP contribution in [0, 0.1) is 9.49 Å². The maximum absolute atomic E-state index is 14.6. The van der Waals surface area contributed by atoms with E-state index in [9.17, 15) is 9.90 Å². The number of halogens is 2. The van der Waals surface area contributed by atoms with E-state index in [4.69, 9.17) is 9.47 Å². The average molecular weight is 706 g/mol. The number of aliphatic hydroxyl groups is 1. The Labute approximate surface area is 247 Å². The second-order valence-corrected chi connectivity index (χ2v) is 17.7. The molecule has 2 aliphatic rings. The molecule has 38 heavy (non-hydrogen) atoms. The van der Waals surface area contributed by atoms with E-state index in [-0.39, 0.29) is 30.1 Å². The summed E-state index contributed by atoms with van der Waals surface area (Å²) in [7, 11) is -0.507. The minimum atomic E-state index is -2.18. The molecule has 0 aliphatic carbocycles. The Hall–Kier alpha value is -1.72. The molecule has 5 nitrogen and oxygen atoms in total. The van der Waals surface area contributed by atoms with Gasteiger partial charge in [-0.25, -0.2) is 0 Å². The van der Waals surface area contributed by atoms with Gasteiger partial charge in [-0.2, -0.15) is 0 Å². The van der Waals surface area contributed by atoms with Crippen LogP contribution < -0.4 is 14.8 Å². The number of benzene rings is 3. The molecule has 5 rings (SSSR count). The summed E-state index contributed by atoms with van der Waals surface area (Å²) in [5.74, 6) is 0.736. The van der Waals surface area contributed by atoms with Gasteiger partial charge >= 0.3 is 0 Å². The van der Waals surface area contributed by atoms with Crippen molar-refractivity contribution < 1.29 is 19.4 Å². The van der Waals surface area contributed by atoms with Crippen LogP contribution in [0.4, 0.5) is 5.69 Å². The molecule has 1 fully saturated rings. The minimum absolute atomic E-state index is 0.0121. The quantitative estimate of drug-likeness (QED) is 0.235. The van der Waals surface area contributed by atoms with Gasteiger partial charge in [-0.1, -0.05) is 65.4 Å². The Bertz CT molecular complexity index is 1350. The number of amides is 1. The number of methoxy groups -OCH3 is 1. The van der Waals surface area contributed by atoms with Crippen LogP contribution in [0.1, 0.15) is 24.5 Å². The van der Waals surface area contributed by atoms with Gasteiger partial charge in [0.05, 0.1) is 33.5 Å². The van der Waals surface area contributed by atoms with E-state index in [0.29, 0.717) is 13.0 Å². The van der Waals surface area contributed by atoms with E-state index in [1.165, 1.54) is 5.19 Å². The molecule has 0 saturated carbocycles. The molecular formula is C30H33BrINO4Si. The molecule has 0 unspecified atom stereocenters. The van der Waals surface area contributed by atoms with E-state index in [1.54, 1.807) is 7.11 Å². The summed E-state index contributed by atoms with van der Waals surface area (Å²) < 4.78 is 14.4. The van der Waals surface area contributed by atoms with Gasteiger partial charge in [0.15, 0.2) is 5.60 Å². The third-order valence-corrected chi connectivity index (χ3v) is 14.0. The Morgan fingerprint density at radius 1 is 1.13 bits per heavy atom. The summed E-state index contributed by atoms with van der Waals surface area (Å²) in [6, 6.07) is 22.7. The standard InChI is InChI=1S/C30H33BrINO4Si/c1-19-28(38(3,4)24-11-9-23(36-2)10-12-24)27(14-15-34)37-30(19)25-17-21(31)8-13-26(25)33(29(30)35)18-20-6-5-7-22(32)16-20/h5-13,16-17,19,27-28,34H,14-15,18H2,1-4H3/t19-,27+,28-,30+/m1/s1. The number of fused-ring (bicyclic) bond motifs is 2. The van der Waals surface area contributed by atoms with E-state index in [1.807, 2.05) is 35.2 Å². The molecule has 0 radical (unpaired) electrons. The lowest BCUT2D eigenvalue weighted by Crippen LogP contribution is -2.51. The highest BCUT2D eigenvalue weighted by Gasteiger charge is 2.66. The molecule has 2 heterocycles. The van der Waals surface area contributed by atoms with Crippen molar-refractivity contribution in [3.63, 3.8) is 0 Å². The highest BCUT2D eigenvalue weighted by Crippen LogP contribution is 2.60. The molecule has 1 N–H and O–H groups in total. The number of carbonyl (C=O) groups excluding carboxylic acids is 1. The average Bonchev–Trinajstić information content (AvgIpc) is 3.31. The van der Waals surface area contributed by atoms with Crippen LogP contribution in [-0.4, -0.2) is 38.9 Å². The molecule has 3 aromatic rings. The predicted octanol–water partition coefficient (Wildman–Crippen LogP) is 6.21. The number of ether oxygens (including phenoxy) is 2. The van der Waals surface area contributed by atoms with Gasteiger partial charge in [0.25, 0.3) is 5.91 Å². The lowest BCUT2D eigenvalue weighted by atomic mass is 9.82. The van der Waals surface area contributed by atoms with Gasteiger partial charge in [0, 0.05) is 26.1 Å². The first kappa shape index (κ1) is 27.8. The van der Waals surface area contributed by atoms with Crippen LogP contribution in [0.3, 0.4) is 0 Å². The van der Waals surface area contributed by atoms with E-state index in [2.05, 4.69) is 94.9 Å². The largest absolute Gasteiger partial charge is 0.497 e. The van der Waals surface area contributed by atoms with Crippen LogP contribution in [0.5, 0.6) is 5.75 Å². The molecule has 4 atom stereocenters. The molecule has 0 bridgehead atoms. The minimum Gasteiger partial charge on any atom is -0.497 e. The Balaban J connectivity index is 1.60. The lowest BCUT2D eigenvalue weighted by Gasteiger charge is -2.37. The van der Waals surface area contributed by atoms with Gasteiger partial charge in [-0.15, -0.1) is 0 Å². The van der Waals surface area contributed by atoms with Crippen molar-refractivity contribution in [3.8, 4) is 5.75 Å². The van der Waals surface area contributed by atoms with Crippen LogP contribution in [0.15, 0.2) is 71.2 Å². The number of hydrogen-bond acceptors (Lipinski definition) is 4. The Morgan fingerprint density at radius 3 is 2.53 bits per heavy atom. The topological polar surface area (TPSA) is 59.0 Å². The first-order valence-electron chi connectivity index (χ1n) is 12.9. The summed E-state index contributed by atoms with van der Waals surface area (Å²) in [4.78, 5) is 16.5. The molecular weight excluding hydrogens is 673 g/mol. The fraction of sp³-hybridized carbons (Fsp3) is 0.367. The monoisotopic (exact) mass is 705 g/mol. The van der Waals surface area contributed by atoms with E-state index >= 15 is 0 Å². The maximum atomic E-state index is 14.6. The van der Waals surface area contributed by atoms with Gasteiger partial charge < -0.3 is 19.5 Å². The lowest BCUT2D eigenvalue weighted by molar-refractivity contribution is -0.146. The van der Waals surface area contributed by atoms with E-state index in [0.717, 1.165) is 30.6 Å². The van der Waals surface area contributed by atoms with Crippen LogP contribution >= 0.6 is 38.5 Å². The van der Waals surface area contributed by atoms with Gasteiger partial charge in [0.2, 0.25) is 0 Å². The second kappa shape index (κ2) is 10.7. The van der Waals surface area contributed by atoms with Gasteiger partial charge in [-0.05, 0) is 82.6 Å². The molecule has 0 aromatic heterocycles. The summed E-state index contributed by atoms with van der Waals surface area (Å²) in [5, 5.41) is 11.3. The molecule has 3 aromatic carbocycles. The zero-order valence-electron chi connectivity index (χ0n) is 22.1. The summed E-state index contributed by atoms with van der Waals surface area (Å²) >= 11 is 5.96. The third-order valence-electron chi connectivity index (χ3n) is 8.44. The number of aliphatic hydroxyl groups excluding tert-OH is 1. The summed E-state index contributed by atoms with van der Waals surface area (Å²) in [5.41, 5.74) is 1.92. The predicted molar refractivity (Wildman–Crippen MR) is 166 cm³/mol. The summed E-state index contributed by atoms with van der Waals surface area (Å²) in [6.45, 7) is 7.39. The Morgan fingerprint density at radius 2 is 1.87 bits per heavy atom. The third kappa shape index (κ3) is 4.56. The van der Waals surface area contributed by atoms with Crippen molar-refractivity contribution >= 4 is 63.4 Å². The number of hydrogen-bond donors (Lipinski definition) is 1. The zero-order chi connectivity index (χ0) is 27.2. The van der Waals surface area contributed by atoms with Crippen molar-refractivity contribution in [1.82, 2.24) is 0 Å². The van der Waals surface area contributed by atoms with Crippen LogP contribution in [-0.2, 0) is 21.7 Å². The second-order valence-electron chi connectivity index (χ2n) is 10.9. The molecule has 1 amide bonds. The number of rotatable bonds is 7. The Kier molecular flexibility index (Phi) is 7.83. The van der Waals surface area contributed by atoms with E-state index < -0.39 is 13.7 Å². The van der Waals surface area contributed by atoms with Crippen molar-refractivity contribution in [2.75, 3.05) is 18.6 Å². The molecule has 1 spiro atoms. The number of anilines is 1. The molecule has 1 saturated heterocycles. The van der Waals surface area contributed by atoms with Crippen molar-refractivity contribution in [2.45, 2.75) is 50.2 Å². The van der Waals surface area contributed by atoms with Crippen LogP contribution in [0.2, 0.25) is 18.6 Å². The first-order chi connectivity index (χ1) is 18.1. The smallest absolute Gasteiger partial charge is 0.264 e. The molecule has 200 valence electrons. The fourth-order valence-electron chi connectivity index (χ4n) is 6.66. The van der Waals surface area contributed by atoms with Gasteiger partial charge in [0.1, 0.15) is 5.75 Å². The highest BCUT2D eigenvalue weighted by atomic mass is 127. The molecule has 8 heteroatoms. The normalized spacial score (nSPS) is 24.8. The fourth-order valence-corrected chi connectivity index (χ4v) is 11.7. The SMILES string of the molecule is COc1ccc([Si](C)(C)[C@H]2[C@H](CCO)O[C@@]3(C(=O)N(Cc4cccc(I)c4)c4ccc(Br)cc43)[C@@H]2C)cc1. The van der Waals surface area contributed by atoms with Crippen molar-refractivity contribution in [2.24, 2.45) is 5.92 Å². The number of carbonyl (C=O) groups is 1. The zero-order valence-corrected chi connectivity index (χ0v) is 26.8. The van der Waals surface area contributed by atoms with Gasteiger partial charge in [-0.3, -0.25) is 4.79 Å².